The van der Waals surface area contributed by atoms with Gasteiger partial charge in [-0.1, -0.05) is 48.6 Å². The third-order valence-electron chi connectivity index (χ3n) is 8.51. The Labute approximate surface area is 255 Å². The van der Waals surface area contributed by atoms with Crippen molar-refractivity contribution in [3.63, 3.8) is 0 Å². The summed E-state index contributed by atoms with van der Waals surface area (Å²) >= 11 is 0. The number of fused-ring (bicyclic) bond motifs is 3. The van der Waals surface area contributed by atoms with E-state index in [9.17, 15) is 9.59 Å². The summed E-state index contributed by atoms with van der Waals surface area (Å²) in [4.78, 5) is 36.8. The average Bonchev–Trinajstić information content (AvgIpc) is 3.04. The standard InChI is InChI=1S/C35H43N5O3/c1-38(18-16-31-12-6-7-17-37-31)32-13-14-33-30(21-32)23-36-24-35(42)40-19-15-28(29(26-40)11-8-20-43-33)22-34(41)39(2)25-27-9-4-3-5-10-27/h3-14,17,21,28-29,36H,15-16,18-20,22-26H2,1-2H3/b11-8+/t28-,29-/m0/s1. The summed E-state index contributed by atoms with van der Waals surface area (Å²) in [6.45, 7) is 3.96. The lowest BCUT2D eigenvalue weighted by molar-refractivity contribution is -0.134. The molecule has 2 aromatic carbocycles. The molecule has 5 rings (SSSR count). The van der Waals surface area contributed by atoms with Crippen LogP contribution in [0.15, 0.2) is 85.1 Å². The topological polar surface area (TPSA) is 78.0 Å². The van der Waals surface area contributed by atoms with Gasteiger partial charge in [-0.2, -0.15) is 0 Å². The molecule has 1 aromatic heterocycles. The highest BCUT2D eigenvalue weighted by Crippen LogP contribution is 2.30. The molecule has 1 fully saturated rings. The van der Waals surface area contributed by atoms with Crippen molar-refractivity contribution in [2.75, 3.05) is 51.8 Å². The van der Waals surface area contributed by atoms with Crippen LogP contribution in [-0.2, 0) is 29.1 Å². The summed E-state index contributed by atoms with van der Waals surface area (Å²) < 4.78 is 6.22. The van der Waals surface area contributed by atoms with E-state index in [1.165, 1.54) is 0 Å². The van der Waals surface area contributed by atoms with Gasteiger partial charge in [-0.15, -0.1) is 0 Å². The Morgan fingerprint density at radius 1 is 1.07 bits per heavy atom. The van der Waals surface area contributed by atoms with Gasteiger partial charge in [-0.25, -0.2) is 0 Å². The molecule has 0 spiro atoms. The maximum atomic E-state index is 13.2. The molecule has 2 aliphatic rings. The highest BCUT2D eigenvalue weighted by atomic mass is 16.5. The molecule has 0 unspecified atom stereocenters. The number of ether oxygens (including phenoxy) is 1. The molecule has 2 amide bonds. The Balaban J connectivity index is 1.23. The van der Waals surface area contributed by atoms with Crippen LogP contribution in [0.25, 0.3) is 0 Å². The van der Waals surface area contributed by atoms with Gasteiger partial charge in [0.25, 0.3) is 0 Å². The van der Waals surface area contributed by atoms with E-state index in [0.717, 1.165) is 47.6 Å². The molecule has 2 bridgehead atoms. The van der Waals surface area contributed by atoms with Crippen molar-refractivity contribution in [2.45, 2.75) is 32.4 Å². The second-order valence-electron chi connectivity index (χ2n) is 11.6. The number of likely N-dealkylation sites (N-methyl/N-ethyl adjacent to an activating group) is 1. The van der Waals surface area contributed by atoms with Gasteiger partial charge in [-0.3, -0.25) is 14.6 Å². The van der Waals surface area contributed by atoms with Gasteiger partial charge in [0.05, 0.1) is 6.54 Å². The first-order chi connectivity index (χ1) is 21.0. The molecular formula is C35H43N5O3. The SMILES string of the molecule is CN(Cc1ccccc1)C(=O)C[C@@H]1CCN2C[C@@H]1/C=C/COc1ccc(N(C)CCc3ccccn3)cc1CNCC2=O. The maximum Gasteiger partial charge on any atom is 0.236 e. The molecule has 0 aliphatic carbocycles. The molecule has 0 saturated carbocycles. The maximum absolute atomic E-state index is 13.2. The largest absolute Gasteiger partial charge is 0.489 e. The van der Waals surface area contributed by atoms with Crippen LogP contribution in [-0.4, -0.2) is 73.5 Å². The molecule has 8 nitrogen and oxygen atoms in total. The summed E-state index contributed by atoms with van der Waals surface area (Å²) in [5, 5.41) is 3.36. The Hall–Kier alpha value is -4.17. The number of nitrogens with one attached hydrogen (secondary N) is 1. The third kappa shape index (κ3) is 8.45. The number of hydrogen-bond acceptors (Lipinski definition) is 6. The quantitative estimate of drug-likeness (QED) is 0.400. The fourth-order valence-electron chi connectivity index (χ4n) is 5.88. The molecule has 2 aliphatic heterocycles. The number of pyridine rings is 1. The van der Waals surface area contributed by atoms with E-state index in [2.05, 4.69) is 40.5 Å². The fourth-order valence-corrected chi connectivity index (χ4v) is 5.88. The minimum atomic E-state index is 0.0923. The first kappa shape index (κ1) is 30.3. The average molecular weight is 582 g/mol. The Morgan fingerprint density at radius 3 is 2.72 bits per heavy atom. The molecule has 1 N–H and O–H groups in total. The fraction of sp³-hybridized carbons (Fsp3) is 0.400. The van der Waals surface area contributed by atoms with Crippen LogP contribution in [0.5, 0.6) is 5.75 Å². The van der Waals surface area contributed by atoms with Crippen molar-refractivity contribution in [1.29, 1.82) is 0 Å². The monoisotopic (exact) mass is 581 g/mol. The number of piperidine rings is 1. The predicted octanol–water partition coefficient (Wildman–Crippen LogP) is 4.31. The predicted molar refractivity (Wildman–Crippen MR) is 170 cm³/mol. The summed E-state index contributed by atoms with van der Waals surface area (Å²) in [5.74, 6) is 1.32. The van der Waals surface area contributed by atoms with E-state index in [0.29, 0.717) is 39.2 Å². The van der Waals surface area contributed by atoms with Crippen molar-refractivity contribution in [1.82, 2.24) is 20.1 Å². The molecule has 8 heteroatoms. The molecular weight excluding hydrogens is 538 g/mol. The van der Waals surface area contributed by atoms with Crippen LogP contribution in [0, 0.1) is 11.8 Å². The van der Waals surface area contributed by atoms with Crippen LogP contribution in [0.2, 0.25) is 0 Å². The zero-order valence-corrected chi connectivity index (χ0v) is 25.3. The number of amides is 2. The normalized spacial score (nSPS) is 19.6. The summed E-state index contributed by atoms with van der Waals surface area (Å²) in [5.41, 5.74) is 4.30. The highest BCUT2D eigenvalue weighted by Gasteiger charge is 2.32. The minimum absolute atomic E-state index is 0.0923. The van der Waals surface area contributed by atoms with Gasteiger partial charge in [0, 0.05) is 82.8 Å². The first-order valence-corrected chi connectivity index (χ1v) is 15.3. The van der Waals surface area contributed by atoms with E-state index in [1.54, 1.807) is 0 Å². The molecule has 1 saturated heterocycles. The number of carbonyl (C=O) groups excluding carboxylic acids is 2. The molecule has 0 radical (unpaired) electrons. The van der Waals surface area contributed by atoms with Crippen molar-refractivity contribution in [3.05, 3.63) is 102 Å². The van der Waals surface area contributed by atoms with Crippen LogP contribution < -0.4 is 15.0 Å². The number of hydrogen-bond donors (Lipinski definition) is 1. The summed E-state index contributed by atoms with van der Waals surface area (Å²) in [7, 11) is 3.95. The van der Waals surface area contributed by atoms with Gasteiger partial charge in [0.1, 0.15) is 12.4 Å². The van der Waals surface area contributed by atoms with Crippen molar-refractivity contribution >= 4 is 17.5 Å². The van der Waals surface area contributed by atoms with Crippen LogP contribution in [0.3, 0.4) is 0 Å². The Kier molecular flexibility index (Phi) is 10.4. The van der Waals surface area contributed by atoms with E-state index in [1.807, 2.05) is 83.7 Å². The summed E-state index contributed by atoms with van der Waals surface area (Å²) in [6.07, 6.45) is 8.16. The molecule has 3 aromatic rings. The van der Waals surface area contributed by atoms with E-state index >= 15 is 0 Å². The Bertz CT molecular complexity index is 1380. The van der Waals surface area contributed by atoms with Crippen molar-refractivity contribution in [3.8, 4) is 5.75 Å². The van der Waals surface area contributed by atoms with E-state index in [4.69, 9.17) is 4.74 Å². The van der Waals surface area contributed by atoms with Crippen LogP contribution in [0.1, 0.15) is 29.7 Å². The Morgan fingerprint density at radius 2 is 1.91 bits per heavy atom. The van der Waals surface area contributed by atoms with Crippen LogP contribution >= 0.6 is 0 Å². The second-order valence-corrected chi connectivity index (χ2v) is 11.6. The van der Waals surface area contributed by atoms with Crippen molar-refractivity contribution < 1.29 is 14.3 Å². The number of rotatable bonds is 8. The van der Waals surface area contributed by atoms with E-state index in [-0.39, 0.29) is 30.2 Å². The lowest BCUT2D eigenvalue weighted by Crippen LogP contribution is -2.47. The molecule has 2 atom stereocenters. The van der Waals surface area contributed by atoms with Gasteiger partial charge >= 0.3 is 0 Å². The van der Waals surface area contributed by atoms with Gasteiger partial charge in [0.2, 0.25) is 11.8 Å². The molecule has 43 heavy (non-hydrogen) atoms. The lowest BCUT2D eigenvalue weighted by Gasteiger charge is -2.38. The third-order valence-corrected chi connectivity index (χ3v) is 8.51. The number of aromatic nitrogens is 1. The van der Waals surface area contributed by atoms with Gasteiger partial charge in [-0.05, 0) is 54.2 Å². The summed E-state index contributed by atoms with van der Waals surface area (Å²) in [6, 6.07) is 22.3. The second kappa shape index (κ2) is 14.8. The molecule has 3 heterocycles. The van der Waals surface area contributed by atoms with Crippen molar-refractivity contribution in [2.24, 2.45) is 11.8 Å². The lowest BCUT2D eigenvalue weighted by atomic mass is 9.82. The zero-order chi connectivity index (χ0) is 30.0. The van der Waals surface area contributed by atoms with E-state index < -0.39 is 0 Å². The van der Waals surface area contributed by atoms with Gasteiger partial charge < -0.3 is 24.8 Å². The number of anilines is 1. The van der Waals surface area contributed by atoms with Gasteiger partial charge in [0.15, 0.2) is 0 Å². The zero-order valence-electron chi connectivity index (χ0n) is 25.3. The van der Waals surface area contributed by atoms with Crippen LogP contribution in [0.4, 0.5) is 5.69 Å². The first-order valence-electron chi connectivity index (χ1n) is 15.3. The number of carbonyl (C=O) groups is 2. The highest BCUT2D eigenvalue weighted by molar-refractivity contribution is 5.79. The molecule has 226 valence electrons. The number of benzene rings is 2. The smallest absolute Gasteiger partial charge is 0.236 e. The minimum Gasteiger partial charge on any atom is -0.489 e. The number of nitrogens with zero attached hydrogens (tertiary/aromatic N) is 4.